The highest BCUT2D eigenvalue weighted by molar-refractivity contribution is 5.78. The van der Waals surface area contributed by atoms with Gasteiger partial charge < -0.3 is 10.6 Å². The van der Waals surface area contributed by atoms with Crippen LogP contribution >= 0.6 is 0 Å². The first kappa shape index (κ1) is 14.4. The first-order chi connectivity index (χ1) is 6.90. The summed E-state index contributed by atoms with van der Waals surface area (Å²) in [5.74, 6) is 0.807. The molecule has 1 unspecified atom stereocenters. The fraction of sp³-hybridized carbons (Fsp3) is 0.917. The lowest BCUT2D eigenvalue weighted by molar-refractivity contribution is -0.137. The molecule has 90 valence electrons. The molecule has 15 heavy (non-hydrogen) atoms. The van der Waals surface area contributed by atoms with Crippen LogP contribution < -0.4 is 5.73 Å². The van der Waals surface area contributed by atoms with E-state index in [1.165, 1.54) is 0 Å². The van der Waals surface area contributed by atoms with E-state index in [0.717, 1.165) is 13.0 Å². The molecule has 0 aromatic heterocycles. The van der Waals surface area contributed by atoms with Gasteiger partial charge in [0.2, 0.25) is 5.91 Å². The SMILES string of the molecule is CC(C)CN(C(=O)C(C)CCN)C(C)C. The molecule has 3 heteroatoms. The van der Waals surface area contributed by atoms with E-state index in [4.69, 9.17) is 5.73 Å². The Morgan fingerprint density at radius 1 is 1.20 bits per heavy atom. The van der Waals surface area contributed by atoms with E-state index in [-0.39, 0.29) is 17.9 Å². The third kappa shape index (κ3) is 5.17. The summed E-state index contributed by atoms with van der Waals surface area (Å²) in [5.41, 5.74) is 5.47. The van der Waals surface area contributed by atoms with Gasteiger partial charge in [0.25, 0.3) is 0 Å². The number of nitrogens with zero attached hydrogens (tertiary/aromatic N) is 1. The van der Waals surface area contributed by atoms with Crippen LogP contribution in [-0.4, -0.2) is 29.9 Å². The summed E-state index contributed by atoms with van der Waals surface area (Å²) in [6.45, 7) is 11.8. The molecule has 0 aromatic rings. The molecule has 0 spiro atoms. The van der Waals surface area contributed by atoms with Crippen molar-refractivity contribution in [3.8, 4) is 0 Å². The minimum Gasteiger partial charge on any atom is -0.340 e. The Hall–Kier alpha value is -0.570. The number of amides is 1. The van der Waals surface area contributed by atoms with Crippen molar-refractivity contribution in [1.29, 1.82) is 0 Å². The lowest BCUT2D eigenvalue weighted by Crippen LogP contribution is -2.42. The van der Waals surface area contributed by atoms with Gasteiger partial charge in [0.05, 0.1) is 0 Å². The number of carbonyl (C=O) groups is 1. The number of hydrogen-bond acceptors (Lipinski definition) is 2. The predicted octanol–water partition coefficient (Wildman–Crippen LogP) is 1.86. The smallest absolute Gasteiger partial charge is 0.225 e. The fourth-order valence-electron chi connectivity index (χ4n) is 1.61. The largest absolute Gasteiger partial charge is 0.340 e. The summed E-state index contributed by atoms with van der Waals surface area (Å²) in [5, 5.41) is 0. The molecule has 0 heterocycles. The molecule has 0 aromatic carbocycles. The van der Waals surface area contributed by atoms with E-state index in [2.05, 4.69) is 27.7 Å². The van der Waals surface area contributed by atoms with Crippen molar-refractivity contribution in [2.45, 2.75) is 47.1 Å². The molecule has 0 rings (SSSR count). The first-order valence-electron chi connectivity index (χ1n) is 5.90. The van der Waals surface area contributed by atoms with Crippen LogP contribution in [0.2, 0.25) is 0 Å². The van der Waals surface area contributed by atoms with Gasteiger partial charge in [0.15, 0.2) is 0 Å². The van der Waals surface area contributed by atoms with Crippen LogP contribution in [0.5, 0.6) is 0 Å². The lowest BCUT2D eigenvalue weighted by Gasteiger charge is -2.31. The van der Waals surface area contributed by atoms with Gasteiger partial charge in [-0.25, -0.2) is 0 Å². The normalized spacial score (nSPS) is 13.3. The molecule has 0 aliphatic heterocycles. The van der Waals surface area contributed by atoms with Crippen LogP contribution in [0.4, 0.5) is 0 Å². The Kier molecular flexibility index (Phi) is 6.57. The van der Waals surface area contributed by atoms with Crippen LogP contribution in [0, 0.1) is 11.8 Å². The molecular formula is C12H26N2O. The summed E-state index contributed by atoms with van der Waals surface area (Å²) >= 11 is 0. The second kappa shape index (κ2) is 6.83. The van der Waals surface area contributed by atoms with Gasteiger partial charge >= 0.3 is 0 Å². The molecule has 0 aliphatic carbocycles. The van der Waals surface area contributed by atoms with Crippen LogP contribution in [0.3, 0.4) is 0 Å². The molecule has 0 saturated carbocycles. The van der Waals surface area contributed by atoms with Gasteiger partial charge in [-0.05, 0) is 32.7 Å². The molecule has 0 fully saturated rings. The van der Waals surface area contributed by atoms with E-state index in [1.807, 2.05) is 11.8 Å². The summed E-state index contributed by atoms with van der Waals surface area (Å²) in [4.78, 5) is 14.0. The Morgan fingerprint density at radius 2 is 1.73 bits per heavy atom. The number of rotatable bonds is 6. The van der Waals surface area contributed by atoms with Gasteiger partial charge in [-0.2, -0.15) is 0 Å². The van der Waals surface area contributed by atoms with Gasteiger partial charge in [-0.3, -0.25) is 4.79 Å². The molecule has 2 N–H and O–H groups in total. The summed E-state index contributed by atoms with van der Waals surface area (Å²) in [7, 11) is 0. The van der Waals surface area contributed by atoms with Crippen molar-refractivity contribution in [2.24, 2.45) is 17.6 Å². The number of carbonyl (C=O) groups excluding carboxylic acids is 1. The van der Waals surface area contributed by atoms with Gasteiger partial charge in [-0.15, -0.1) is 0 Å². The molecule has 0 bridgehead atoms. The van der Waals surface area contributed by atoms with E-state index in [9.17, 15) is 4.79 Å². The second-order valence-corrected chi connectivity index (χ2v) is 4.96. The maximum absolute atomic E-state index is 12.1. The van der Waals surface area contributed by atoms with Crippen LogP contribution in [0.1, 0.15) is 41.0 Å². The molecule has 0 radical (unpaired) electrons. The highest BCUT2D eigenvalue weighted by Gasteiger charge is 2.22. The molecule has 0 saturated heterocycles. The third-order valence-corrected chi connectivity index (χ3v) is 2.49. The van der Waals surface area contributed by atoms with Gasteiger partial charge in [0, 0.05) is 18.5 Å². The van der Waals surface area contributed by atoms with Crippen molar-refractivity contribution in [3.63, 3.8) is 0 Å². The quantitative estimate of drug-likeness (QED) is 0.733. The fourth-order valence-corrected chi connectivity index (χ4v) is 1.61. The average molecular weight is 214 g/mol. The van der Waals surface area contributed by atoms with E-state index < -0.39 is 0 Å². The highest BCUT2D eigenvalue weighted by Crippen LogP contribution is 2.12. The van der Waals surface area contributed by atoms with Crippen molar-refractivity contribution in [1.82, 2.24) is 4.90 Å². The van der Waals surface area contributed by atoms with Crippen LogP contribution in [0.15, 0.2) is 0 Å². The van der Waals surface area contributed by atoms with E-state index in [1.54, 1.807) is 0 Å². The van der Waals surface area contributed by atoms with Gasteiger partial charge in [0.1, 0.15) is 0 Å². The zero-order valence-electron chi connectivity index (χ0n) is 10.8. The average Bonchev–Trinajstić information content (AvgIpc) is 2.12. The first-order valence-corrected chi connectivity index (χ1v) is 5.90. The minimum atomic E-state index is 0.0520. The summed E-state index contributed by atoms with van der Waals surface area (Å²) in [6.07, 6.45) is 0.778. The minimum absolute atomic E-state index is 0.0520. The lowest BCUT2D eigenvalue weighted by atomic mass is 10.0. The van der Waals surface area contributed by atoms with Crippen molar-refractivity contribution in [3.05, 3.63) is 0 Å². The monoisotopic (exact) mass is 214 g/mol. The van der Waals surface area contributed by atoms with Crippen molar-refractivity contribution < 1.29 is 4.79 Å². The Labute approximate surface area is 94.0 Å². The van der Waals surface area contributed by atoms with Crippen LogP contribution in [-0.2, 0) is 4.79 Å². The summed E-state index contributed by atoms with van der Waals surface area (Å²) < 4.78 is 0. The summed E-state index contributed by atoms with van der Waals surface area (Å²) in [6, 6.07) is 0.278. The highest BCUT2D eigenvalue weighted by atomic mass is 16.2. The van der Waals surface area contributed by atoms with E-state index >= 15 is 0 Å². The molecule has 0 aliphatic rings. The standard InChI is InChI=1S/C12H26N2O/c1-9(2)8-14(10(3)4)12(15)11(5)6-7-13/h9-11H,6-8,13H2,1-5H3. The Balaban J connectivity index is 4.41. The molecule has 3 nitrogen and oxygen atoms in total. The second-order valence-electron chi connectivity index (χ2n) is 4.96. The predicted molar refractivity (Wildman–Crippen MR) is 64.5 cm³/mol. The zero-order valence-corrected chi connectivity index (χ0v) is 10.8. The topological polar surface area (TPSA) is 46.3 Å². The number of hydrogen-bond donors (Lipinski definition) is 1. The Bertz CT molecular complexity index is 190. The molecule has 1 amide bonds. The Morgan fingerprint density at radius 3 is 2.07 bits per heavy atom. The zero-order chi connectivity index (χ0) is 12.0. The third-order valence-electron chi connectivity index (χ3n) is 2.49. The van der Waals surface area contributed by atoms with Crippen molar-refractivity contribution in [2.75, 3.05) is 13.1 Å². The maximum atomic E-state index is 12.1. The molecule has 1 atom stereocenters. The number of nitrogens with two attached hydrogens (primary N) is 1. The van der Waals surface area contributed by atoms with E-state index in [0.29, 0.717) is 12.5 Å². The van der Waals surface area contributed by atoms with Crippen LogP contribution in [0.25, 0.3) is 0 Å². The van der Waals surface area contributed by atoms with Gasteiger partial charge in [-0.1, -0.05) is 20.8 Å². The maximum Gasteiger partial charge on any atom is 0.225 e. The molecular weight excluding hydrogens is 188 g/mol. The van der Waals surface area contributed by atoms with Crippen molar-refractivity contribution >= 4 is 5.91 Å².